The molecule has 17 heavy (non-hydrogen) atoms. The van der Waals surface area contributed by atoms with Crippen molar-refractivity contribution in [1.82, 2.24) is 4.41 Å². The summed E-state index contributed by atoms with van der Waals surface area (Å²) in [5, 5.41) is 0. The van der Waals surface area contributed by atoms with Gasteiger partial charge in [0.2, 0.25) is 0 Å². The third kappa shape index (κ3) is 6.70. The molecule has 1 amide bonds. The van der Waals surface area contributed by atoms with E-state index in [-0.39, 0.29) is 10.2 Å². The number of unbranched alkanes of at least 4 members (excludes halogenated alkanes) is 1. The van der Waals surface area contributed by atoms with Gasteiger partial charge in [-0.15, -0.1) is 16.0 Å². The summed E-state index contributed by atoms with van der Waals surface area (Å²) in [6.45, 7) is 4.87. The van der Waals surface area contributed by atoms with Crippen LogP contribution in [0.1, 0.15) is 33.6 Å². The van der Waals surface area contributed by atoms with Crippen LogP contribution in [0.4, 0.5) is 4.79 Å². The van der Waals surface area contributed by atoms with E-state index in [2.05, 4.69) is 0 Å². The number of hydrazine groups is 1. The molecule has 0 saturated heterocycles. The Bertz CT molecular complexity index is 350. The predicted octanol–water partition coefficient (Wildman–Crippen LogP) is 1.45. The number of alkyl halides is 1. The Kier molecular flexibility index (Phi) is 6.22. The number of halogens is 1. The third-order valence-electron chi connectivity index (χ3n) is 1.66. The van der Waals surface area contributed by atoms with Crippen LogP contribution in [0.2, 0.25) is 0 Å². The molecule has 0 atom stereocenters. The molecule has 0 aromatic rings. The van der Waals surface area contributed by atoms with Crippen molar-refractivity contribution in [3.63, 3.8) is 0 Å². The van der Waals surface area contributed by atoms with Gasteiger partial charge in [0.25, 0.3) is 10.0 Å². The molecule has 0 heterocycles. The van der Waals surface area contributed by atoms with Crippen LogP contribution in [0.15, 0.2) is 0 Å². The Hall–Kier alpha value is -0.530. The summed E-state index contributed by atoms with van der Waals surface area (Å²) in [4.78, 5) is 11.4. The largest absolute Gasteiger partial charge is 0.442 e. The van der Waals surface area contributed by atoms with Gasteiger partial charge in [-0.3, -0.25) is 0 Å². The molecule has 8 heteroatoms. The summed E-state index contributed by atoms with van der Waals surface area (Å²) < 4.78 is 28.2. The molecule has 0 unspecified atom stereocenters. The molecule has 0 bridgehead atoms. The highest BCUT2D eigenvalue weighted by Gasteiger charge is 2.28. The Morgan fingerprint density at radius 3 is 2.29 bits per heavy atom. The second-order valence-electron chi connectivity index (χ2n) is 4.49. The van der Waals surface area contributed by atoms with E-state index in [4.69, 9.17) is 22.2 Å². The number of hydrogen-bond donors (Lipinski definition) is 1. The monoisotopic (exact) mass is 286 g/mol. The fraction of sp³-hybridized carbons (Fsp3) is 0.889. The molecule has 6 nitrogen and oxygen atoms in total. The number of nitrogens with zero attached hydrogens (tertiary/aromatic N) is 1. The molecule has 102 valence electrons. The van der Waals surface area contributed by atoms with Crippen molar-refractivity contribution in [2.24, 2.45) is 5.84 Å². The highest BCUT2D eigenvalue weighted by atomic mass is 35.5. The maximum atomic E-state index is 11.6. The molecular weight excluding hydrogens is 268 g/mol. The molecule has 0 aromatic heterocycles. The van der Waals surface area contributed by atoms with E-state index in [0.29, 0.717) is 18.7 Å². The summed E-state index contributed by atoms with van der Waals surface area (Å²) in [5.74, 6) is 5.36. The van der Waals surface area contributed by atoms with Crippen LogP contribution in [-0.4, -0.2) is 36.2 Å². The van der Waals surface area contributed by atoms with E-state index >= 15 is 0 Å². The lowest BCUT2D eigenvalue weighted by Gasteiger charge is -2.23. The van der Waals surface area contributed by atoms with Gasteiger partial charge in [0, 0.05) is 5.88 Å². The van der Waals surface area contributed by atoms with Crippen molar-refractivity contribution in [2.75, 3.05) is 11.6 Å². The van der Waals surface area contributed by atoms with Crippen LogP contribution in [0.5, 0.6) is 0 Å². The molecule has 0 aliphatic heterocycles. The lowest BCUT2D eigenvalue weighted by atomic mass is 10.2. The van der Waals surface area contributed by atoms with Crippen LogP contribution in [0.25, 0.3) is 0 Å². The zero-order valence-electron chi connectivity index (χ0n) is 10.3. The summed E-state index contributed by atoms with van der Waals surface area (Å²) in [6.07, 6.45) is -0.186. The Labute approximate surface area is 107 Å². The number of sulfonamides is 1. The third-order valence-corrected chi connectivity index (χ3v) is 3.48. The van der Waals surface area contributed by atoms with E-state index in [1.165, 1.54) is 0 Å². The number of carbonyl (C=O) groups is 1. The zero-order chi connectivity index (χ0) is 13.7. The summed E-state index contributed by atoms with van der Waals surface area (Å²) in [5.41, 5.74) is -0.791. The van der Waals surface area contributed by atoms with Gasteiger partial charge in [0.05, 0.1) is 5.75 Å². The molecule has 0 radical (unpaired) electrons. The minimum Gasteiger partial charge on any atom is -0.442 e. The van der Waals surface area contributed by atoms with E-state index in [1.807, 2.05) is 0 Å². The standard InChI is InChI=1S/C9H19ClN2O4S/c1-9(2,3)16-8(13)12(11)17(14,15)7-5-4-6-10/h4-7,11H2,1-3H3. The Balaban J connectivity index is 4.47. The smallest absolute Gasteiger partial charge is 0.439 e. The number of ether oxygens (including phenoxy) is 1. The molecular formula is C9H19ClN2O4S. The SMILES string of the molecule is CC(C)(C)OC(=O)N(N)S(=O)(=O)CCCCCl. The van der Waals surface area contributed by atoms with Gasteiger partial charge in [-0.25, -0.2) is 19.1 Å². The molecule has 0 aliphatic carbocycles. The average Bonchev–Trinajstić information content (AvgIpc) is 2.14. The molecule has 0 spiro atoms. The van der Waals surface area contributed by atoms with Crippen LogP contribution in [0, 0.1) is 0 Å². The lowest BCUT2D eigenvalue weighted by Crippen LogP contribution is -2.46. The predicted molar refractivity (Wildman–Crippen MR) is 66.0 cm³/mol. The van der Waals surface area contributed by atoms with Gasteiger partial charge in [-0.05, 0) is 33.6 Å². The fourth-order valence-corrected chi connectivity index (χ4v) is 2.12. The maximum absolute atomic E-state index is 11.6. The van der Waals surface area contributed by atoms with Crippen LogP contribution in [0.3, 0.4) is 0 Å². The van der Waals surface area contributed by atoms with E-state index in [9.17, 15) is 13.2 Å². The van der Waals surface area contributed by atoms with Crippen molar-refractivity contribution in [3.05, 3.63) is 0 Å². The quantitative estimate of drug-likeness (QED) is 0.272. The first-order valence-electron chi connectivity index (χ1n) is 5.17. The highest BCUT2D eigenvalue weighted by molar-refractivity contribution is 7.89. The first-order chi connectivity index (χ1) is 7.60. The number of nitrogens with two attached hydrogens (primary N) is 1. The van der Waals surface area contributed by atoms with Gasteiger partial charge in [0.15, 0.2) is 0 Å². The van der Waals surface area contributed by atoms with Gasteiger partial charge in [0.1, 0.15) is 5.60 Å². The van der Waals surface area contributed by atoms with Crippen LogP contribution < -0.4 is 5.84 Å². The van der Waals surface area contributed by atoms with Crippen molar-refractivity contribution >= 4 is 27.7 Å². The van der Waals surface area contributed by atoms with Gasteiger partial charge >= 0.3 is 6.09 Å². The number of carbonyl (C=O) groups excluding carboxylic acids is 1. The van der Waals surface area contributed by atoms with Crippen LogP contribution >= 0.6 is 11.6 Å². The second-order valence-corrected chi connectivity index (χ2v) is 6.83. The first kappa shape index (κ1) is 16.5. The molecule has 0 aliphatic rings. The van der Waals surface area contributed by atoms with Crippen molar-refractivity contribution < 1.29 is 17.9 Å². The van der Waals surface area contributed by atoms with E-state index in [0.717, 1.165) is 0 Å². The Morgan fingerprint density at radius 1 is 1.35 bits per heavy atom. The van der Waals surface area contributed by atoms with Crippen molar-refractivity contribution in [3.8, 4) is 0 Å². The number of amides is 1. The van der Waals surface area contributed by atoms with Gasteiger partial charge < -0.3 is 4.74 Å². The van der Waals surface area contributed by atoms with Gasteiger partial charge in [-0.2, -0.15) is 0 Å². The maximum Gasteiger partial charge on any atom is 0.439 e. The van der Waals surface area contributed by atoms with Gasteiger partial charge in [-0.1, -0.05) is 0 Å². The summed E-state index contributed by atoms with van der Waals surface area (Å²) in [7, 11) is -3.83. The minimum atomic E-state index is -3.83. The van der Waals surface area contributed by atoms with E-state index in [1.54, 1.807) is 20.8 Å². The van der Waals surface area contributed by atoms with E-state index < -0.39 is 21.7 Å². The minimum absolute atomic E-state index is 0.145. The Morgan fingerprint density at radius 2 is 1.88 bits per heavy atom. The normalized spacial score (nSPS) is 12.3. The van der Waals surface area contributed by atoms with Crippen LogP contribution in [-0.2, 0) is 14.8 Å². The highest BCUT2D eigenvalue weighted by Crippen LogP contribution is 2.11. The van der Waals surface area contributed by atoms with Crippen molar-refractivity contribution in [1.29, 1.82) is 0 Å². The number of hydrogen-bond acceptors (Lipinski definition) is 5. The zero-order valence-corrected chi connectivity index (χ0v) is 11.8. The number of rotatable bonds is 5. The molecule has 0 aromatic carbocycles. The lowest BCUT2D eigenvalue weighted by molar-refractivity contribution is 0.0390. The second kappa shape index (κ2) is 6.42. The molecule has 0 rings (SSSR count). The molecule has 0 fully saturated rings. The first-order valence-corrected chi connectivity index (χ1v) is 7.31. The molecule has 0 saturated carbocycles. The summed E-state index contributed by atoms with van der Waals surface area (Å²) in [6, 6.07) is 0. The topological polar surface area (TPSA) is 89.7 Å². The summed E-state index contributed by atoms with van der Waals surface area (Å²) >= 11 is 5.43. The van der Waals surface area contributed by atoms with Crippen molar-refractivity contribution in [2.45, 2.75) is 39.2 Å². The molecule has 2 N–H and O–H groups in total. The fourth-order valence-electron chi connectivity index (χ4n) is 0.898. The average molecular weight is 287 g/mol.